The summed E-state index contributed by atoms with van der Waals surface area (Å²) in [6.07, 6.45) is 3.38. The Bertz CT molecular complexity index is 653. The number of ether oxygens (including phenoxy) is 2. The third-order valence-electron chi connectivity index (χ3n) is 3.07. The van der Waals surface area contributed by atoms with E-state index in [0.29, 0.717) is 42.8 Å². The van der Waals surface area contributed by atoms with Gasteiger partial charge in [-0.2, -0.15) is 0 Å². The molecule has 0 aliphatic carbocycles. The van der Waals surface area contributed by atoms with Gasteiger partial charge in [0.25, 0.3) is 0 Å². The molecule has 0 aliphatic heterocycles. The normalized spacial score (nSPS) is 10.2. The summed E-state index contributed by atoms with van der Waals surface area (Å²) in [4.78, 5) is 16.1. The molecule has 0 saturated heterocycles. The van der Waals surface area contributed by atoms with E-state index >= 15 is 0 Å². The average molecular weight is 350 g/mol. The number of carbonyl (C=O) groups is 1. The molecule has 6 nitrogen and oxygen atoms in total. The van der Waals surface area contributed by atoms with E-state index in [-0.39, 0.29) is 6.03 Å². The zero-order valence-electron chi connectivity index (χ0n) is 13.4. The number of halogens is 1. The molecule has 0 unspecified atom stereocenters. The van der Waals surface area contributed by atoms with Crippen LogP contribution in [0.4, 0.5) is 10.5 Å². The Morgan fingerprint density at radius 2 is 2.12 bits per heavy atom. The van der Waals surface area contributed by atoms with E-state index in [0.717, 1.165) is 5.56 Å². The quantitative estimate of drug-likeness (QED) is 0.716. The Hall–Kier alpha value is -2.31. The first-order valence-electron chi connectivity index (χ1n) is 7.63. The monoisotopic (exact) mass is 349 g/mol. The van der Waals surface area contributed by atoms with E-state index in [9.17, 15) is 4.79 Å². The standard InChI is InChI=1S/C17H20ClN3O3/c1-2-23-9-10-24-16-14(18)6-3-7-15(16)21-17(22)20-12-13-5-4-8-19-11-13/h3-8,11H,2,9-10,12H2,1H3,(H2,20,21,22). The van der Waals surface area contributed by atoms with Crippen LogP contribution in [0.5, 0.6) is 5.75 Å². The molecule has 128 valence electrons. The first-order valence-corrected chi connectivity index (χ1v) is 8.01. The molecule has 7 heteroatoms. The van der Waals surface area contributed by atoms with E-state index in [1.807, 2.05) is 19.1 Å². The number of aromatic nitrogens is 1. The minimum atomic E-state index is -0.351. The molecular weight excluding hydrogens is 330 g/mol. The van der Waals surface area contributed by atoms with E-state index in [1.54, 1.807) is 30.6 Å². The van der Waals surface area contributed by atoms with Gasteiger partial charge in [0.15, 0.2) is 5.75 Å². The predicted molar refractivity (Wildman–Crippen MR) is 93.5 cm³/mol. The van der Waals surface area contributed by atoms with Crippen molar-refractivity contribution in [1.29, 1.82) is 0 Å². The van der Waals surface area contributed by atoms with Crippen LogP contribution < -0.4 is 15.4 Å². The van der Waals surface area contributed by atoms with Crippen LogP contribution in [-0.2, 0) is 11.3 Å². The van der Waals surface area contributed by atoms with Crippen molar-refractivity contribution in [1.82, 2.24) is 10.3 Å². The third kappa shape index (κ3) is 5.72. The maximum absolute atomic E-state index is 12.1. The fourth-order valence-corrected chi connectivity index (χ4v) is 2.18. The third-order valence-corrected chi connectivity index (χ3v) is 3.37. The number of amides is 2. The van der Waals surface area contributed by atoms with Crippen LogP contribution in [0.2, 0.25) is 5.02 Å². The van der Waals surface area contributed by atoms with Crippen LogP contribution in [-0.4, -0.2) is 30.8 Å². The maximum atomic E-state index is 12.1. The van der Waals surface area contributed by atoms with E-state index < -0.39 is 0 Å². The molecule has 1 aromatic heterocycles. The Labute approximate surface area is 146 Å². The number of nitrogens with one attached hydrogen (secondary N) is 2. The van der Waals surface area contributed by atoms with E-state index in [2.05, 4.69) is 15.6 Å². The van der Waals surface area contributed by atoms with Crippen molar-refractivity contribution in [2.75, 3.05) is 25.1 Å². The SMILES string of the molecule is CCOCCOc1c(Cl)cccc1NC(=O)NCc1cccnc1. The molecule has 0 spiro atoms. The lowest BCUT2D eigenvalue weighted by Crippen LogP contribution is -2.28. The van der Waals surface area contributed by atoms with E-state index in [1.165, 1.54) is 0 Å². The second kappa shape index (κ2) is 9.75. The Kier molecular flexibility index (Phi) is 7.32. The summed E-state index contributed by atoms with van der Waals surface area (Å²) in [5, 5.41) is 5.93. The van der Waals surface area contributed by atoms with Gasteiger partial charge in [0.2, 0.25) is 0 Å². The largest absolute Gasteiger partial charge is 0.487 e. The summed E-state index contributed by atoms with van der Waals surface area (Å²) in [6.45, 7) is 3.71. The average Bonchev–Trinajstić information content (AvgIpc) is 2.60. The summed E-state index contributed by atoms with van der Waals surface area (Å²) in [6, 6.07) is 8.53. The highest BCUT2D eigenvalue weighted by molar-refractivity contribution is 6.32. The number of rotatable bonds is 8. The predicted octanol–water partition coefficient (Wildman–Crippen LogP) is 3.47. The number of nitrogens with zero attached hydrogens (tertiary/aromatic N) is 1. The fourth-order valence-electron chi connectivity index (χ4n) is 1.95. The van der Waals surface area contributed by atoms with Crippen LogP contribution in [0.25, 0.3) is 0 Å². The van der Waals surface area contributed by atoms with Gasteiger partial charge in [0, 0.05) is 25.5 Å². The van der Waals surface area contributed by atoms with Gasteiger partial charge >= 0.3 is 6.03 Å². The Balaban J connectivity index is 1.93. The second-order valence-corrected chi connectivity index (χ2v) is 5.24. The lowest BCUT2D eigenvalue weighted by Gasteiger charge is -2.14. The van der Waals surface area contributed by atoms with Gasteiger partial charge in [0.05, 0.1) is 17.3 Å². The molecule has 2 aromatic rings. The molecule has 0 radical (unpaired) electrons. The van der Waals surface area contributed by atoms with Gasteiger partial charge in [-0.05, 0) is 30.7 Å². The van der Waals surface area contributed by atoms with Crippen molar-refractivity contribution in [3.05, 3.63) is 53.3 Å². The summed E-state index contributed by atoms with van der Waals surface area (Å²) in [5.74, 6) is 0.426. The number of hydrogen-bond donors (Lipinski definition) is 2. The molecule has 0 saturated carbocycles. The number of urea groups is 1. The molecule has 2 N–H and O–H groups in total. The van der Waals surface area contributed by atoms with Crippen molar-refractivity contribution < 1.29 is 14.3 Å². The summed E-state index contributed by atoms with van der Waals surface area (Å²) >= 11 is 6.15. The molecule has 1 heterocycles. The van der Waals surface area contributed by atoms with Crippen LogP contribution in [0, 0.1) is 0 Å². The fraction of sp³-hybridized carbons (Fsp3) is 0.294. The highest BCUT2D eigenvalue weighted by Gasteiger charge is 2.11. The van der Waals surface area contributed by atoms with Crippen LogP contribution in [0.3, 0.4) is 0 Å². The summed E-state index contributed by atoms with van der Waals surface area (Å²) < 4.78 is 10.9. The highest BCUT2D eigenvalue weighted by atomic mass is 35.5. The van der Waals surface area contributed by atoms with Crippen molar-refractivity contribution in [3.63, 3.8) is 0 Å². The van der Waals surface area contributed by atoms with Crippen molar-refractivity contribution in [2.45, 2.75) is 13.5 Å². The molecule has 2 amide bonds. The number of anilines is 1. The Morgan fingerprint density at radius 3 is 2.88 bits per heavy atom. The van der Waals surface area contributed by atoms with Crippen molar-refractivity contribution in [3.8, 4) is 5.75 Å². The molecule has 1 aromatic carbocycles. The smallest absolute Gasteiger partial charge is 0.319 e. The van der Waals surface area contributed by atoms with Gasteiger partial charge in [-0.15, -0.1) is 0 Å². The lowest BCUT2D eigenvalue weighted by atomic mass is 10.3. The summed E-state index contributed by atoms with van der Waals surface area (Å²) in [7, 11) is 0. The molecule has 0 fully saturated rings. The van der Waals surface area contributed by atoms with Crippen LogP contribution in [0.15, 0.2) is 42.7 Å². The van der Waals surface area contributed by atoms with Crippen molar-refractivity contribution >= 4 is 23.3 Å². The Morgan fingerprint density at radius 1 is 1.25 bits per heavy atom. The number of carbonyl (C=O) groups excluding carboxylic acids is 1. The molecule has 24 heavy (non-hydrogen) atoms. The van der Waals surface area contributed by atoms with Gasteiger partial charge in [-0.3, -0.25) is 4.98 Å². The first-order chi connectivity index (χ1) is 11.7. The minimum absolute atomic E-state index is 0.351. The molecule has 0 atom stereocenters. The molecule has 0 bridgehead atoms. The van der Waals surface area contributed by atoms with Crippen LogP contribution in [0.1, 0.15) is 12.5 Å². The second-order valence-electron chi connectivity index (χ2n) is 4.83. The van der Waals surface area contributed by atoms with Gasteiger partial charge in [-0.1, -0.05) is 23.7 Å². The molecule has 0 aliphatic rings. The highest BCUT2D eigenvalue weighted by Crippen LogP contribution is 2.32. The zero-order chi connectivity index (χ0) is 17.2. The van der Waals surface area contributed by atoms with Gasteiger partial charge in [0.1, 0.15) is 6.61 Å². The maximum Gasteiger partial charge on any atom is 0.319 e. The summed E-state index contributed by atoms with van der Waals surface area (Å²) in [5.41, 5.74) is 1.41. The van der Waals surface area contributed by atoms with Gasteiger partial charge < -0.3 is 20.1 Å². The van der Waals surface area contributed by atoms with Gasteiger partial charge in [-0.25, -0.2) is 4.79 Å². The van der Waals surface area contributed by atoms with E-state index in [4.69, 9.17) is 21.1 Å². The number of para-hydroxylation sites is 1. The molecule has 2 rings (SSSR count). The number of hydrogen-bond acceptors (Lipinski definition) is 4. The van der Waals surface area contributed by atoms with Crippen molar-refractivity contribution in [2.24, 2.45) is 0 Å². The lowest BCUT2D eigenvalue weighted by molar-refractivity contribution is 0.110. The first kappa shape index (κ1) is 18.0. The number of pyridine rings is 1. The minimum Gasteiger partial charge on any atom is -0.487 e. The van der Waals surface area contributed by atoms with Crippen LogP contribution >= 0.6 is 11.6 Å². The molecular formula is C17H20ClN3O3. The topological polar surface area (TPSA) is 72.5 Å². The zero-order valence-corrected chi connectivity index (χ0v) is 14.2. The number of benzene rings is 1.